The molecule has 0 unspecified atom stereocenters. The lowest BCUT2D eigenvalue weighted by Gasteiger charge is -2.25. The zero-order valence-electron chi connectivity index (χ0n) is 17.7. The Bertz CT molecular complexity index is 1270. The predicted molar refractivity (Wildman–Crippen MR) is 122 cm³/mol. The first-order valence-corrected chi connectivity index (χ1v) is 11.7. The Morgan fingerprint density at radius 2 is 1.53 bits per heavy atom. The van der Waals surface area contributed by atoms with Gasteiger partial charge in [-0.05, 0) is 36.4 Å². The topological polar surface area (TPSA) is 71.8 Å². The molecule has 0 spiro atoms. The summed E-state index contributed by atoms with van der Waals surface area (Å²) in [7, 11) is -2.45. The van der Waals surface area contributed by atoms with Crippen LogP contribution in [0.2, 0.25) is 0 Å². The summed E-state index contributed by atoms with van der Waals surface area (Å²) in [6, 6.07) is 20.5. The van der Waals surface area contributed by atoms with E-state index in [0.717, 1.165) is 33.9 Å². The molecule has 0 bridgehead atoms. The highest BCUT2D eigenvalue weighted by atomic mass is 32.2. The molecule has 0 aliphatic rings. The van der Waals surface area contributed by atoms with Gasteiger partial charge in [0.1, 0.15) is 5.82 Å². The lowest BCUT2D eigenvalue weighted by atomic mass is 10.2. The van der Waals surface area contributed by atoms with Crippen molar-refractivity contribution in [1.82, 2.24) is 8.87 Å². The molecule has 0 saturated heterocycles. The van der Waals surface area contributed by atoms with Crippen molar-refractivity contribution in [3.8, 4) is 0 Å². The van der Waals surface area contributed by atoms with Crippen molar-refractivity contribution in [1.29, 1.82) is 0 Å². The number of fused-ring (bicyclic) bond motifs is 3. The van der Waals surface area contributed by atoms with Crippen molar-refractivity contribution < 1.29 is 22.7 Å². The van der Waals surface area contributed by atoms with Crippen LogP contribution in [0.3, 0.4) is 0 Å². The van der Waals surface area contributed by atoms with Crippen molar-refractivity contribution in [3.63, 3.8) is 0 Å². The molecule has 3 aromatic carbocycles. The number of hydrogen-bond acceptors (Lipinski definition) is 4. The van der Waals surface area contributed by atoms with Crippen LogP contribution in [0.5, 0.6) is 0 Å². The van der Waals surface area contributed by atoms with Crippen molar-refractivity contribution in [2.24, 2.45) is 0 Å². The zero-order chi connectivity index (χ0) is 22.7. The molecule has 1 aromatic heterocycles. The van der Waals surface area contributed by atoms with E-state index in [1.807, 2.05) is 53.1 Å². The highest BCUT2D eigenvalue weighted by molar-refractivity contribution is 7.89. The fourth-order valence-electron chi connectivity index (χ4n) is 3.96. The van der Waals surface area contributed by atoms with E-state index in [4.69, 9.17) is 4.74 Å². The van der Waals surface area contributed by atoms with Crippen LogP contribution in [0.15, 0.2) is 77.7 Å². The molecule has 0 amide bonds. The monoisotopic (exact) mass is 456 g/mol. The van der Waals surface area contributed by atoms with E-state index in [1.54, 1.807) is 0 Å². The molecule has 168 valence electrons. The second kappa shape index (κ2) is 9.38. The van der Waals surface area contributed by atoms with Gasteiger partial charge >= 0.3 is 0 Å². The Kier molecular flexibility index (Phi) is 6.57. The van der Waals surface area contributed by atoms with Crippen LogP contribution < -0.4 is 0 Å². The van der Waals surface area contributed by atoms with Crippen molar-refractivity contribution in [3.05, 3.63) is 78.6 Å². The minimum atomic E-state index is -3.93. The van der Waals surface area contributed by atoms with Gasteiger partial charge in [-0.1, -0.05) is 36.4 Å². The molecule has 0 fully saturated rings. The minimum Gasteiger partial charge on any atom is -0.390 e. The molecular weight excluding hydrogens is 431 g/mol. The van der Waals surface area contributed by atoms with Gasteiger partial charge < -0.3 is 14.4 Å². The van der Waals surface area contributed by atoms with E-state index in [9.17, 15) is 17.9 Å². The number of aromatic nitrogens is 1. The fourth-order valence-corrected chi connectivity index (χ4v) is 5.42. The third kappa shape index (κ3) is 4.40. The van der Waals surface area contributed by atoms with Crippen LogP contribution in [0.1, 0.15) is 0 Å². The quantitative estimate of drug-likeness (QED) is 0.418. The summed E-state index contributed by atoms with van der Waals surface area (Å²) in [5, 5.41) is 13.1. The standard InChI is InChI=1S/C24H25FN2O4S/c1-31-15-14-26(32(29,30)20-12-10-18(25)11-13-20)16-19(28)17-27-23-8-4-2-6-21(23)22-7-3-5-9-24(22)27/h2-13,19,28H,14-17H2,1H3/t19-/m1/s1. The van der Waals surface area contributed by atoms with E-state index in [2.05, 4.69) is 0 Å². The molecule has 32 heavy (non-hydrogen) atoms. The number of benzene rings is 3. The molecule has 8 heteroatoms. The summed E-state index contributed by atoms with van der Waals surface area (Å²) in [4.78, 5) is -0.0286. The van der Waals surface area contributed by atoms with Gasteiger partial charge in [0.15, 0.2) is 0 Å². The maximum absolute atomic E-state index is 13.3. The molecule has 0 aliphatic heterocycles. The molecule has 1 atom stereocenters. The summed E-state index contributed by atoms with van der Waals surface area (Å²) < 4.78 is 47.8. The summed E-state index contributed by atoms with van der Waals surface area (Å²) >= 11 is 0. The number of para-hydroxylation sites is 2. The highest BCUT2D eigenvalue weighted by Crippen LogP contribution is 2.29. The molecule has 0 saturated carbocycles. The molecule has 4 aromatic rings. The Labute approximate surface area is 186 Å². The zero-order valence-corrected chi connectivity index (χ0v) is 18.5. The average molecular weight is 457 g/mol. The van der Waals surface area contributed by atoms with Crippen molar-refractivity contribution in [2.45, 2.75) is 17.5 Å². The van der Waals surface area contributed by atoms with E-state index in [-0.39, 0.29) is 31.1 Å². The fraction of sp³-hybridized carbons (Fsp3) is 0.250. The number of nitrogens with zero attached hydrogens (tertiary/aromatic N) is 2. The second-order valence-electron chi connectivity index (χ2n) is 7.61. The van der Waals surface area contributed by atoms with Crippen LogP contribution in [0.25, 0.3) is 21.8 Å². The van der Waals surface area contributed by atoms with Gasteiger partial charge in [-0.3, -0.25) is 0 Å². The van der Waals surface area contributed by atoms with Gasteiger partial charge in [0, 0.05) is 42.0 Å². The number of aliphatic hydroxyl groups excluding tert-OH is 1. The van der Waals surface area contributed by atoms with Crippen LogP contribution in [0, 0.1) is 5.82 Å². The Morgan fingerprint density at radius 1 is 0.969 bits per heavy atom. The summed E-state index contributed by atoms with van der Waals surface area (Å²) in [6.07, 6.45) is -0.971. The Hall–Kier alpha value is -2.78. The molecule has 1 heterocycles. The van der Waals surface area contributed by atoms with Gasteiger partial charge in [-0.2, -0.15) is 4.31 Å². The number of sulfonamides is 1. The van der Waals surface area contributed by atoms with E-state index < -0.39 is 21.9 Å². The SMILES string of the molecule is COCCN(C[C@@H](O)Cn1c2ccccc2c2ccccc21)S(=O)(=O)c1ccc(F)cc1. The maximum atomic E-state index is 13.3. The molecule has 0 radical (unpaired) electrons. The number of halogens is 1. The van der Waals surface area contributed by atoms with Gasteiger partial charge in [0.05, 0.1) is 24.2 Å². The molecular formula is C24H25FN2O4S. The van der Waals surface area contributed by atoms with Crippen molar-refractivity contribution >= 4 is 31.8 Å². The van der Waals surface area contributed by atoms with E-state index >= 15 is 0 Å². The first kappa shape index (κ1) is 22.4. The van der Waals surface area contributed by atoms with Crippen LogP contribution >= 0.6 is 0 Å². The number of hydrogen-bond donors (Lipinski definition) is 1. The van der Waals surface area contributed by atoms with E-state index in [1.165, 1.54) is 23.5 Å². The summed E-state index contributed by atoms with van der Waals surface area (Å²) in [5.41, 5.74) is 1.94. The van der Waals surface area contributed by atoms with Crippen molar-refractivity contribution in [2.75, 3.05) is 26.8 Å². The third-order valence-corrected chi connectivity index (χ3v) is 7.36. The molecule has 4 rings (SSSR count). The van der Waals surface area contributed by atoms with Crippen LogP contribution in [0.4, 0.5) is 4.39 Å². The second-order valence-corrected chi connectivity index (χ2v) is 9.55. The molecule has 6 nitrogen and oxygen atoms in total. The van der Waals surface area contributed by atoms with Gasteiger partial charge in [0.25, 0.3) is 0 Å². The maximum Gasteiger partial charge on any atom is 0.243 e. The summed E-state index contributed by atoms with van der Waals surface area (Å²) in [6.45, 7) is 0.337. The van der Waals surface area contributed by atoms with E-state index in [0.29, 0.717) is 0 Å². The number of ether oxygens (including phenoxy) is 1. The van der Waals surface area contributed by atoms with Gasteiger partial charge in [-0.15, -0.1) is 0 Å². The normalized spacial score (nSPS) is 13.2. The van der Waals surface area contributed by atoms with Gasteiger partial charge in [0.2, 0.25) is 10.0 Å². The third-order valence-electron chi connectivity index (χ3n) is 5.48. The average Bonchev–Trinajstić information content (AvgIpc) is 3.10. The Morgan fingerprint density at radius 3 is 2.09 bits per heavy atom. The Balaban J connectivity index is 1.63. The number of rotatable bonds is 9. The van der Waals surface area contributed by atoms with Crippen LogP contribution in [-0.4, -0.2) is 55.3 Å². The summed E-state index contributed by atoms with van der Waals surface area (Å²) in [5.74, 6) is -0.515. The first-order chi connectivity index (χ1) is 15.4. The molecule has 0 aliphatic carbocycles. The number of aliphatic hydroxyl groups is 1. The largest absolute Gasteiger partial charge is 0.390 e. The predicted octanol–water partition coefficient (Wildman–Crippen LogP) is 3.63. The number of methoxy groups -OCH3 is 1. The lowest BCUT2D eigenvalue weighted by Crippen LogP contribution is -2.40. The highest BCUT2D eigenvalue weighted by Gasteiger charge is 2.27. The van der Waals surface area contributed by atoms with Crippen LogP contribution in [-0.2, 0) is 21.3 Å². The lowest BCUT2D eigenvalue weighted by molar-refractivity contribution is 0.115. The first-order valence-electron chi connectivity index (χ1n) is 10.3. The van der Waals surface area contributed by atoms with Gasteiger partial charge in [-0.25, -0.2) is 12.8 Å². The smallest absolute Gasteiger partial charge is 0.243 e. The molecule has 1 N–H and O–H groups in total. The minimum absolute atomic E-state index is 0.0286.